The highest BCUT2D eigenvalue weighted by Crippen LogP contribution is 2.27. The van der Waals surface area contributed by atoms with Crippen molar-refractivity contribution in [2.75, 3.05) is 7.11 Å². The minimum Gasteiger partial charge on any atom is -0.497 e. The molecule has 0 N–H and O–H groups in total. The van der Waals surface area contributed by atoms with Gasteiger partial charge in [0.1, 0.15) is 5.75 Å². The molecule has 22 heavy (non-hydrogen) atoms. The number of oxime groups is 1. The van der Waals surface area contributed by atoms with Crippen molar-refractivity contribution < 1.29 is 14.4 Å². The van der Waals surface area contributed by atoms with Crippen molar-refractivity contribution in [1.29, 1.82) is 0 Å². The Morgan fingerprint density at radius 1 is 1.18 bits per heavy atom. The highest BCUT2D eigenvalue weighted by atomic mass is 127. The lowest BCUT2D eigenvalue weighted by molar-refractivity contribution is 0.0514. The van der Waals surface area contributed by atoms with Gasteiger partial charge in [-0.15, -0.1) is 0 Å². The summed E-state index contributed by atoms with van der Waals surface area (Å²) in [6.07, 6.45) is 1.65. The number of benzene rings is 2. The zero-order valence-corrected chi connectivity index (χ0v) is 14.2. The van der Waals surface area contributed by atoms with Crippen LogP contribution in [0.25, 0.3) is 0 Å². The molecule has 3 rings (SSSR count). The number of rotatable bonds is 3. The van der Waals surface area contributed by atoms with Crippen LogP contribution in [0.3, 0.4) is 0 Å². The van der Waals surface area contributed by atoms with E-state index in [1.54, 1.807) is 13.2 Å². The molecule has 0 heterocycles. The predicted octanol–water partition coefficient (Wildman–Crippen LogP) is 3.81. The molecule has 0 aliphatic heterocycles. The Balaban J connectivity index is 1.79. The normalized spacial score (nSPS) is 14.7. The van der Waals surface area contributed by atoms with E-state index < -0.39 is 5.97 Å². The maximum absolute atomic E-state index is 12.1. The number of carbonyl (C=O) groups excluding carboxylic acids is 1. The number of halogens is 1. The van der Waals surface area contributed by atoms with Crippen LogP contribution in [-0.2, 0) is 11.3 Å². The fraction of sp³-hybridized carbons (Fsp3) is 0.176. The van der Waals surface area contributed by atoms with E-state index in [1.165, 1.54) is 5.56 Å². The molecule has 0 aromatic heterocycles. The van der Waals surface area contributed by atoms with Crippen LogP contribution in [0.15, 0.2) is 47.6 Å². The lowest BCUT2D eigenvalue weighted by Gasteiger charge is -2.04. The number of fused-ring (bicyclic) bond motifs is 1. The van der Waals surface area contributed by atoms with Crippen molar-refractivity contribution in [2.45, 2.75) is 12.8 Å². The van der Waals surface area contributed by atoms with E-state index in [4.69, 9.17) is 9.57 Å². The van der Waals surface area contributed by atoms with Crippen molar-refractivity contribution in [3.05, 3.63) is 62.7 Å². The molecule has 0 amide bonds. The fourth-order valence-electron chi connectivity index (χ4n) is 2.44. The van der Waals surface area contributed by atoms with Gasteiger partial charge < -0.3 is 9.57 Å². The third-order valence-electron chi connectivity index (χ3n) is 3.59. The molecule has 1 aliphatic carbocycles. The SMILES string of the molecule is COc1ccc2c(c1)CC/C2=N\OC(=O)c1ccccc1I. The van der Waals surface area contributed by atoms with Crippen molar-refractivity contribution >= 4 is 34.3 Å². The molecule has 0 fully saturated rings. The number of carbonyl (C=O) groups is 1. The molecule has 112 valence electrons. The average molecular weight is 407 g/mol. The molecule has 2 aromatic rings. The van der Waals surface area contributed by atoms with E-state index in [1.807, 2.05) is 36.4 Å². The smallest absolute Gasteiger partial charge is 0.366 e. The highest BCUT2D eigenvalue weighted by molar-refractivity contribution is 14.1. The van der Waals surface area contributed by atoms with Gasteiger partial charge in [0.15, 0.2) is 0 Å². The first-order chi connectivity index (χ1) is 10.7. The highest BCUT2D eigenvalue weighted by Gasteiger charge is 2.20. The summed E-state index contributed by atoms with van der Waals surface area (Å²) in [5.41, 5.74) is 3.53. The number of nitrogens with zero attached hydrogens (tertiary/aromatic N) is 1. The predicted molar refractivity (Wildman–Crippen MR) is 92.4 cm³/mol. The van der Waals surface area contributed by atoms with E-state index in [-0.39, 0.29) is 0 Å². The molecule has 2 aromatic carbocycles. The van der Waals surface area contributed by atoms with Crippen molar-refractivity contribution in [2.24, 2.45) is 5.16 Å². The van der Waals surface area contributed by atoms with Gasteiger partial charge in [0.05, 0.1) is 18.4 Å². The molecule has 0 radical (unpaired) electrons. The monoisotopic (exact) mass is 407 g/mol. The van der Waals surface area contributed by atoms with Crippen molar-refractivity contribution in [3.8, 4) is 5.75 Å². The minimum atomic E-state index is -0.431. The third-order valence-corrected chi connectivity index (χ3v) is 4.53. The second kappa shape index (κ2) is 6.48. The van der Waals surface area contributed by atoms with Gasteiger partial charge in [-0.05, 0) is 71.3 Å². The lowest BCUT2D eigenvalue weighted by atomic mass is 10.1. The Labute approximate surface area is 142 Å². The van der Waals surface area contributed by atoms with Gasteiger partial charge in [-0.1, -0.05) is 17.3 Å². The molecule has 0 saturated heterocycles. The number of ether oxygens (including phenoxy) is 1. The first-order valence-corrected chi connectivity index (χ1v) is 7.97. The lowest BCUT2D eigenvalue weighted by Crippen LogP contribution is -2.05. The van der Waals surface area contributed by atoms with E-state index >= 15 is 0 Å². The van der Waals surface area contributed by atoms with Crippen LogP contribution in [-0.4, -0.2) is 18.8 Å². The Kier molecular flexibility index (Phi) is 4.42. The molecule has 4 nitrogen and oxygen atoms in total. The quantitative estimate of drug-likeness (QED) is 0.442. The summed E-state index contributed by atoms with van der Waals surface area (Å²) in [6, 6.07) is 13.1. The van der Waals surface area contributed by atoms with Crippen LogP contribution >= 0.6 is 22.6 Å². The summed E-state index contributed by atoms with van der Waals surface area (Å²) < 4.78 is 6.07. The van der Waals surface area contributed by atoms with E-state index in [9.17, 15) is 4.79 Å². The van der Waals surface area contributed by atoms with E-state index in [0.29, 0.717) is 5.56 Å². The molecule has 5 heteroatoms. The first kappa shape index (κ1) is 15.0. The Morgan fingerprint density at radius 2 is 2.00 bits per heavy atom. The number of methoxy groups -OCH3 is 1. The zero-order valence-electron chi connectivity index (χ0n) is 12.0. The van der Waals surface area contributed by atoms with Crippen LogP contribution in [0, 0.1) is 3.57 Å². The maximum Gasteiger partial charge on any atom is 0.366 e. The van der Waals surface area contributed by atoms with Gasteiger partial charge in [0.2, 0.25) is 0 Å². The number of aryl methyl sites for hydroxylation is 1. The van der Waals surface area contributed by atoms with Crippen molar-refractivity contribution in [3.63, 3.8) is 0 Å². The molecule has 1 aliphatic rings. The summed E-state index contributed by atoms with van der Waals surface area (Å²) in [5, 5.41) is 4.06. The van der Waals surface area contributed by atoms with Crippen molar-refractivity contribution in [1.82, 2.24) is 0 Å². The topological polar surface area (TPSA) is 47.9 Å². The molecule has 0 bridgehead atoms. The summed E-state index contributed by atoms with van der Waals surface area (Å²) in [4.78, 5) is 17.2. The Hall–Kier alpha value is -1.89. The average Bonchev–Trinajstić information content (AvgIpc) is 2.95. The zero-order chi connectivity index (χ0) is 15.5. The van der Waals surface area contributed by atoms with Crippen LogP contribution in [0.1, 0.15) is 27.9 Å². The molecule has 0 unspecified atom stereocenters. The molecule has 0 spiro atoms. The van der Waals surface area contributed by atoms with Crippen LogP contribution in [0.2, 0.25) is 0 Å². The molecule has 0 atom stereocenters. The fourth-order valence-corrected chi connectivity index (χ4v) is 3.05. The van der Waals surface area contributed by atoms with Crippen LogP contribution in [0.4, 0.5) is 0 Å². The standard InChI is InChI=1S/C17H14INO3/c1-21-12-7-8-13-11(10-12)6-9-16(13)19-22-17(20)14-4-2-3-5-15(14)18/h2-5,7-8,10H,6,9H2,1H3/b19-16+. The van der Waals surface area contributed by atoms with E-state index in [0.717, 1.165) is 33.4 Å². The second-order valence-electron chi connectivity index (χ2n) is 4.92. The third kappa shape index (κ3) is 2.99. The largest absolute Gasteiger partial charge is 0.497 e. The van der Waals surface area contributed by atoms with Gasteiger partial charge in [-0.2, -0.15) is 0 Å². The minimum absolute atomic E-state index is 0.431. The Morgan fingerprint density at radius 3 is 2.77 bits per heavy atom. The van der Waals surface area contributed by atoms with Crippen LogP contribution < -0.4 is 4.74 Å². The van der Waals surface area contributed by atoms with Gasteiger partial charge in [-0.3, -0.25) is 0 Å². The molecular formula is C17H14INO3. The van der Waals surface area contributed by atoms with Gasteiger partial charge in [0.25, 0.3) is 0 Å². The van der Waals surface area contributed by atoms with Gasteiger partial charge in [-0.25, -0.2) is 4.79 Å². The Bertz CT molecular complexity index is 755. The second-order valence-corrected chi connectivity index (χ2v) is 6.08. The summed E-state index contributed by atoms with van der Waals surface area (Å²) >= 11 is 2.11. The number of hydrogen-bond donors (Lipinski definition) is 0. The molecule has 0 saturated carbocycles. The summed E-state index contributed by atoms with van der Waals surface area (Å²) in [7, 11) is 1.65. The first-order valence-electron chi connectivity index (χ1n) is 6.89. The summed E-state index contributed by atoms with van der Waals surface area (Å²) in [5.74, 6) is 0.398. The molecular weight excluding hydrogens is 393 g/mol. The van der Waals surface area contributed by atoms with Crippen LogP contribution in [0.5, 0.6) is 5.75 Å². The van der Waals surface area contributed by atoms with Gasteiger partial charge >= 0.3 is 5.97 Å². The van der Waals surface area contributed by atoms with E-state index in [2.05, 4.69) is 27.7 Å². The number of hydrogen-bond acceptors (Lipinski definition) is 4. The van der Waals surface area contributed by atoms with Gasteiger partial charge in [0, 0.05) is 9.13 Å². The summed E-state index contributed by atoms with van der Waals surface area (Å²) in [6.45, 7) is 0. The maximum atomic E-state index is 12.1.